The van der Waals surface area contributed by atoms with E-state index in [0.29, 0.717) is 16.5 Å². The maximum atomic E-state index is 13.0. The fraction of sp³-hybridized carbons (Fsp3) is 0.133. The minimum atomic E-state index is -0.379. The number of hydrogen-bond acceptors (Lipinski definition) is 4. The van der Waals surface area contributed by atoms with E-state index in [9.17, 15) is 9.18 Å². The van der Waals surface area contributed by atoms with Crippen molar-refractivity contribution in [1.82, 2.24) is 14.8 Å². The Morgan fingerprint density at radius 3 is 2.61 bits per heavy atom. The fourth-order valence-electron chi connectivity index (χ4n) is 2.08. The highest BCUT2D eigenvalue weighted by Crippen LogP contribution is 2.25. The van der Waals surface area contributed by atoms with Crippen LogP contribution in [0.4, 0.5) is 9.52 Å². The average Bonchev–Trinajstić information content (AvgIpc) is 3.03. The van der Waals surface area contributed by atoms with Crippen LogP contribution < -0.4 is 5.32 Å². The summed E-state index contributed by atoms with van der Waals surface area (Å²) < 4.78 is 14.4. The quantitative estimate of drug-likeness (QED) is 0.777. The van der Waals surface area contributed by atoms with Crippen LogP contribution in [-0.4, -0.2) is 20.7 Å². The summed E-state index contributed by atoms with van der Waals surface area (Å²) in [5, 5.41) is 9.47. The number of carbonyl (C=O) groups excluding carboxylic acids is 1. The predicted molar refractivity (Wildman–Crippen MR) is 88.1 cm³/mol. The van der Waals surface area contributed by atoms with E-state index in [1.807, 2.05) is 12.3 Å². The molecule has 0 saturated carbocycles. The van der Waals surface area contributed by atoms with Gasteiger partial charge in [-0.2, -0.15) is 5.10 Å². The number of nitrogens with one attached hydrogen (secondary N) is 1. The zero-order valence-electron chi connectivity index (χ0n) is 12.3. The van der Waals surface area contributed by atoms with Crippen molar-refractivity contribution in [2.45, 2.75) is 13.8 Å². The summed E-state index contributed by atoms with van der Waals surface area (Å²) in [6.45, 7) is 3.53. The summed E-state index contributed by atoms with van der Waals surface area (Å²) in [6, 6.07) is 5.70. The summed E-state index contributed by atoms with van der Waals surface area (Å²) in [6.07, 6.45) is 0. The molecule has 3 aromatic rings. The van der Waals surface area contributed by atoms with Gasteiger partial charge in [0.2, 0.25) is 0 Å². The van der Waals surface area contributed by atoms with Crippen LogP contribution in [0.5, 0.6) is 0 Å². The van der Waals surface area contributed by atoms with E-state index in [-0.39, 0.29) is 22.4 Å². The van der Waals surface area contributed by atoms with Gasteiger partial charge in [-0.15, -0.1) is 11.3 Å². The molecule has 0 aliphatic rings. The fourth-order valence-corrected chi connectivity index (χ4v) is 3.12. The third kappa shape index (κ3) is 3.11. The van der Waals surface area contributed by atoms with E-state index in [0.717, 1.165) is 5.69 Å². The van der Waals surface area contributed by atoms with E-state index < -0.39 is 0 Å². The van der Waals surface area contributed by atoms with Crippen LogP contribution in [0, 0.1) is 19.7 Å². The van der Waals surface area contributed by atoms with Gasteiger partial charge in [-0.1, -0.05) is 11.6 Å². The Morgan fingerprint density at radius 2 is 2.00 bits per heavy atom. The number of amides is 1. The number of rotatable bonds is 3. The van der Waals surface area contributed by atoms with Gasteiger partial charge in [0.1, 0.15) is 16.5 Å². The van der Waals surface area contributed by atoms with Crippen molar-refractivity contribution in [2.24, 2.45) is 0 Å². The zero-order valence-corrected chi connectivity index (χ0v) is 13.9. The van der Waals surface area contributed by atoms with E-state index in [4.69, 9.17) is 11.6 Å². The maximum Gasteiger partial charge on any atom is 0.262 e. The van der Waals surface area contributed by atoms with Gasteiger partial charge in [0.05, 0.1) is 17.1 Å². The van der Waals surface area contributed by atoms with Crippen molar-refractivity contribution < 1.29 is 9.18 Å². The summed E-state index contributed by atoms with van der Waals surface area (Å²) in [7, 11) is 0. The van der Waals surface area contributed by atoms with Gasteiger partial charge in [-0.3, -0.25) is 10.1 Å². The Labute approximate surface area is 140 Å². The normalized spacial score (nSPS) is 10.8. The van der Waals surface area contributed by atoms with Crippen LogP contribution in [0.25, 0.3) is 5.69 Å². The van der Waals surface area contributed by atoms with Gasteiger partial charge in [0.25, 0.3) is 5.91 Å². The molecule has 0 atom stereocenters. The molecule has 3 rings (SSSR count). The molecule has 0 aliphatic heterocycles. The second kappa shape index (κ2) is 6.10. The number of benzene rings is 1. The second-order valence-corrected chi connectivity index (χ2v) is 6.10. The van der Waals surface area contributed by atoms with E-state index >= 15 is 0 Å². The van der Waals surface area contributed by atoms with Crippen LogP contribution >= 0.6 is 22.9 Å². The molecule has 0 aliphatic carbocycles. The lowest BCUT2D eigenvalue weighted by atomic mass is 10.2. The Hall–Kier alpha value is -2.25. The standard InChI is InChI=1S/C15H12ClFN4OS/c1-8-7-23-15(18-8)19-14(22)12-9(2)20-21(13(12)16)11-5-3-10(17)4-6-11/h3-7H,1-2H3,(H,18,19,22). The van der Waals surface area contributed by atoms with Crippen molar-refractivity contribution in [1.29, 1.82) is 0 Å². The lowest BCUT2D eigenvalue weighted by Gasteiger charge is -2.04. The van der Waals surface area contributed by atoms with Gasteiger partial charge in [0, 0.05) is 5.38 Å². The minimum Gasteiger partial charge on any atom is -0.298 e. The predicted octanol–water partition coefficient (Wildman–Crippen LogP) is 3.99. The molecule has 1 N–H and O–H groups in total. The summed E-state index contributed by atoms with van der Waals surface area (Å²) in [5.41, 5.74) is 2.15. The number of anilines is 1. The van der Waals surface area contributed by atoms with Crippen LogP contribution in [0.1, 0.15) is 21.7 Å². The van der Waals surface area contributed by atoms with Crippen molar-refractivity contribution in [3.63, 3.8) is 0 Å². The first-order chi connectivity index (χ1) is 11.0. The van der Waals surface area contributed by atoms with Crippen molar-refractivity contribution in [3.8, 4) is 5.69 Å². The first kappa shape index (κ1) is 15.6. The molecule has 0 fully saturated rings. The molecule has 1 amide bonds. The minimum absolute atomic E-state index is 0.167. The largest absolute Gasteiger partial charge is 0.298 e. The molecule has 118 valence electrons. The number of thiazole rings is 1. The molecule has 2 heterocycles. The summed E-state index contributed by atoms with van der Waals surface area (Å²) in [5.74, 6) is -0.735. The zero-order chi connectivity index (χ0) is 16.6. The van der Waals surface area contributed by atoms with Crippen LogP contribution in [0.15, 0.2) is 29.6 Å². The molecule has 0 spiro atoms. The van der Waals surface area contributed by atoms with Crippen LogP contribution in [0.2, 0.25) is 5.15 Å². The van der Waals surface area contributed by atoms with Gasteiger partial charge < -0.3 is 0 Å². The maximum absolute atomic E-state index is 13.0. The third-order valence-electron chi connectivity index (χ3n) is 3.14. The summed E-state index contributed by atoms with van der Waals surface area (Å²) >= 11 is 7.63. The monoisotopic (exact) mass is 350 g/mol. The van der Waals surface area contributed by atoms with E-state index in [1.165, 1.54) is 28.2 Å². The van der Waals surface area contributed by atoms with Gasteiger partial charge >= 0.3 is 0 Å². The van der Waals surface area contributed by atoms with Gasteiger partial charge in [0.15, 0.2) is 5.13 Å². The molecule has 8 heteroatoms. The van der Waals surface area contributed by atoms with E-state index in [2.05, 4.69) is 15.4 Å². The van der Waals surface area contributed by atoms with Gasteiger partial charge in [-0.05, 0) is 38.1 Å². The molecule has 0 radical (unpaired) electrons. The molecule has 5 nitrogen and oxygen atoms in total. The number of aromatic nitrogens is 3. The highest BCUT2D eigenvalue weighted by Gasteiger charge is 2.22. The van der Waals surface area contributed by atoms with Crippen LogP contribution in [0.3, 0.4) is 0 Å². The van der Waals surface area contributed by atoms with Crippen molar-refractivity contribution in [2.75, 3.05) is 5.32 Å². The number of aryl methyl sites for hydroxylation is 2. The number of nitrogens with zero attached hydrogens (tertiary/aromatic N) is 3. The molecule has 0 bridgehead atoms. The SMILES string of the molecule is Cc1csc(NC(=O)c2c(C)nn(-c3ccc(F)cc3)c2Cl)n1. The van der Waals surface area contributed by atoms with Crippen LogP contribution in [-0.2, 0) is 0 Å². The summed E-state index contributed by atoms with van der Waals surface area (Å²) in [4.78, 5) is 16.6. The molecule has 0 unspecified atom stereocenters. The highest BCUT2D eigenvalue weighted by atomic mass is 35.5. The lowest BCUT2D eigenvalue weighted by molar-refractivity contribution is 0.102. The number of carbonyl (C=O) groups is 1. The first-order valence-electron chi connectivity index (χ1n) is 6.70. The number of hydrogen-bond donors (Lipinski definition) is 1. The second-order valence-electron chi connectivity index (χ2n) is 4.89. The Bertz CT molecular complexity index is 872. The Kier molecular flexibility index (Phi) is 4.14. The Morgan fingerprint density at radius 1 is 1.30 bits per heavy atom. The smallest absolute Gasteiger partial charge is 0.262 e. The molecule has 0 saturated heterocycles. The molecule has 2 aromatic heterocycles. The first-order valence-corrected chi connectivity index (χ1v) is 7.96. The lowest BCUT2D eigenvalue weighted by Crippen LogP contribution is -2.13. The molecule has 1 aromatic carbocycles. The third-order valence-corrected chi connectivity index (χ3v) is 4.37. The van der Waals surface area contributed by atoms with E-state index in [1.54, 1.807) is 19.1 Å². The van der Waals surface area contributed by atoms with Crippen molar-refractivity contribution >= 4 is 34.0 Å². The topological polar surface area (TPSA) is 59.8 Å². The van der Waals surface area contributed by atoms with Crippen molar-refractivity contribution in [3.05, 3.63) is 57.6 Å². The van der Waals surface area contributed by atoms with Gasteiger partial charge in [-0.25, -0.2) is 14.1 Å². The highest BCUT2D eigenvalue weighted by molar-refractivity contribution is 7.13. The Balaban J connectivity index is 1.94. The number of halogens is 2. The molecular weight excluding hydrogens is 339 g/mol. The average molecular weight is 351 g/mol. The molecule has 23 heavy (non-hydrogen) atoms. The molecular formula is C15H12ClFN4OS.